The van der Waals surface area contributed by atoms with E-state index < -0.39 is 6.10 Å². The molecule has 1 heterocycles. The van der Waals surface area contributed by atoms with E-state index in [2.05, 4.69) is 0 Å². The summed E-state index contributed by atoms with van der Waals surface area (Å²) in [6.45, 7) is -0.320. The van der Waals surface area contributed by atoms with Crippen molar-refractivity contribution in [2.24, 2.45) is 0 Å². The van der Waals surface area contributed by atoms with Gasteiger partial charge in [-0.1, -0.05) is 18.2 Å². The summed E-state index contributed by atoms with van der Waals surface area (Å²) in [6, 6.07) is 9.21. The largest absolute Gasteiger partial charge is 0.458 e. The lowest BCUT2D eigenvalue weighted by molar-refractivity contribution is 0.0789. The summed E-state index contributed by atoms with van der Waals surface area (Å²) < 4.78 is 5.31. The van der Waals surface area contributed by atoms with Gasteiger partial charge in [-0.3, -0.25) is 0 Å². The van der Waals surface area contributed by atoms with E-state index in [1.54, 1.807) is 6.07 Å². The van der Waals surface area contributed by atoms with Crippen molar-refractivity contribution in [2.75, 3.05) is 6.61 Å². The van der Waals surface area contributed by atoms with Crippen molar-refractivity contribution in [3.63, 3.8) is 0 Å². The Morgan fingerprint density at radius 3 is 2.77 bits per heavy atom. The highest BCUT2D eigenvalue weighted by molar-refractivity contribution is 5.77. The van der Waals surface area contributed by atoms with Crippen molar-refractivity contribution in [3.05, 3.63) is 36.1 Å². The van der Waals surface area contributed by atoms with Crippen molar-refractivity contribution in [2.45, 2.75) is 6.10 Å². The van der Waals surface area contributed by atoms with Crippen LogP contribution >= 0.6 is 0 Å². The van der Waals surface area contributed by atoms with Gasteiger partial charge in [-0.2, -0.15) is 0 Å². The zero-order chi connectivity index (χ0) is 9.26. The number of aliphatic hydroxyl groups is 2. The van der Waals surface area contributed by atoms with Crippen LogP contribution in [0.4, 0.5) is 0 Å². The maximum absolute atomic E-state index is 9.29. The summed E-state index contributed by atoms with van der Waals surface area (Å²) in [5.41, 5.74) is 0.727. The van der Waals surface area contributed by atoms with Crippen molar-refractivity contribution >= 4 is 11.0 Å². The van der Waals surface area contributed by atoms with Gasteiger partial charge in [0, 0.05) is 5.39 Å². The van der Waals surface area contributed by atoms with E-state index in [1.165, 1.54) is 0 Å². The number of hydrogen-bond donors (Lipinski definition) is 2. The first kappa shape index (κ1) is 8.29. The van der Waals surface area contributed by atoms with Gasteiger partial charge < -0.3 is 14.6 Å². The fourth-order valence-corrected chi connectivity index (χ4v) is 1.26. The highest BCUT2D eigenvalue weighted by atomic mass is 16.4. The van der Waals surface area contributed by atoms with Gasteiger partial charge in [0.2, 0.25) is 0 Å². The van der Waals surface area contributed by atoms with E-state index in [1.807, 2.05) is 24.3 Å². The molecule has 0 aliphatic rings. The summed E-state index contributed by atoms with van der Waals surface area (Å²) in [7, 11) is 0. The lowest BCUT2D eigenvalue weighted by Crippen LogP contribution is -1.99. The van der Waals surface area contributed by atoms with E-state index in [-0.39, 0.29) is 6.61 Å². The third kappa shape index (κ3) is 1.43. The zero-order valence-electron chi connectivity index (χ0n) is 6.97. The van der Waals surface area contributed by atoms with Crippen molar-refractivity contribution in [1.29, 1.82) is 0 Å². The van der Waals surface area contributed by atoms with Crippen LogP contribution in [0.2, 0.25) is 0 Å². The zero-order valence-corrected chi connectivity index (χ0v) is 6.97. The second kappa shape index (κ2) is 3.20. The Kier molecular flexibility index (Phi) is 2.04. The first-order valence-electron chi connectivity index (χ1n) is 4.08. The molecule has 2 aromatic rings. The number of rotatable bonds is 2. The molecule has 3 nitrogen and oxygen atoms in total. The average molecular weight is 178 g/mol. The molecule has 0 spiro atoms. The molecule has 0 aliphatic heterocycles. The molecule has 0 radical (unpaired) electrons. The maximum Gasteiger partial charge on any atom is 0.136 e. The molecule has 3 heteroatoms. The minimum atomic E-state index is -0.924. The predicted molar refractivity (Wildman–Crippen MR) is 48.3 cm³/mol. The Balaban J connectivity index is 2.49. The molecule has 0 aliphatic carbocycles. The van der Waals surface area contributed by atoms with Crippen LogP contribution in [0.15, 0.2) is 34.7 Å². The van der Waals surface area contributed by atoms with E-state index >= 15 is 0 Å². The van der Waals surface area contributed by atoms with Crippen LogP contribution in [0, 0.1) is 0 Å². The molecule has 2 rings (SSSR count). The average Bonchev–Trinajstić information content (AvgIpc) is 2.59. The van der Waals surface area contributed by atoms with E-state index in [0.29, 0.717) is 5.76 Å². The van der Waals surface area contributed by atoms with Crippen LogP contribution in [0.1, 0.15) is 11.9 Å². The number of aliphatic hydroxyl groups excluding tert-OH is 2. The van der Waals surface area contributed by atoms with Gasteiger partial charge in [-0.25, -0.2) is 0 Å². The molecule has 68 valence electrons. The summed E-state index contributed by atoms with van der Waals surface area (Å²) in [4.78, 5) is 0. The molecular weight excluding hydrogens is 168 g/mol. The first-order valence-corrected chi connectivity index (χ1v) is 4.08. The van der Waals surface area contributed by atoms with Gasteiger partial charge in [-0.05, 0) is 12.1 Å². The summed E-state index contributed by atoms with van der Waals surface area (Å²) in [5.74, 6) is 0.406. The molecule has 1 atom stereocenters. The fourth-order valence-electron chi connectivity index (χ4n) is 1.26. The molecule has 0 saturated carbocycles. The Hall–Kier alpha value is -1.32. The second-order valence-corrected chi connectivity index (χ2v) is 2.88. The topological polar surface area (TPSA) is 53.6 Å². The summed E-state index contributed by atoms with van der Waals surface area (Å²) >= 11 is 0. The van der Waals surface area contributed by atoms with Gasteiger partial charge in [0.15, 0.2) is 0 Å². The molecule has 1 aromatic heterocycles. The summed E-state index contributed by atoms with van der Waals surface area (Å²) in [5, 5.41) is 18.9. The third-order valence-corrected chi connectivity index (χ3v) is 1.95. The van der Waals surface area contributed by atoms with Gasteiger partial charge >= 0.3 is 0 Å². The van der Waals surface area contributed by atoms with Crippen LogP contribution in [0.3, 0.4) is 0 Å². The van der Waals surface area contributed by atoms with Crippen LogP contribution in [0.25, 0.3) is 11.0 Å². The third-order valence-electron chi connectivity index (χ3n) is 1.95. The highest BCUT2D eigenvalue weighted by Gasteiger charge is 2.11. The Morgan fingerprint density at radius 2 is 2.08 bits per heavy atom. The quantitative estimate of drug-likeness (QED) is 0.731. The second-order valence-electron chi connectivity index (χ2n) is 2.88. The maximum atomic E-state index is 9.29. The van der Waals surface area contributed by atoms with E-state index in [4.69, 9.17) is 9.52 Å². The minimum absolute atomic E-state index is 0.320. The highest BCUT2D eigenvalue weighted by Crippen LogP contribution is 2.23. The SMILES string of the molecule is OC[C@@H](O)c1cc2ccccc2o1. The molecule has 0 unspecified atom stereocenters. The molecule has 2 N–H and O–H groups in total. The van der Waals surface area contributed by atoms with Crippen molar-refractivity contribution < 1.29 is 14.6 Å². The minimum Gasteiger partial charge on any atom is -0.458 e. The van der Waals surface area contributed by atoms with Crippen LogP contribution in [-0.2, 0) is 0 Å². The number of hydrogen-bond acceptors (Lipinski definition) is 3. The monoisotopic (exact) mass is 178 g/mol. The Morgan fingerprint density at radius 1 is 1.31 bits per heavy atom. The van der Waals surface area contributed by atoms with Crippen molar-refractivity contribution in [1.82, 2.24) is 0 Å². The molecule has 1 aromatic carbocycles. The number of fused-ring (bicyclic) bond motifs is 1. The normalized spacial score (nSPS) is 13.4. The standard InChI is InChI=1S/C10H10O3/c11-6-8(12)10-5-7-3-1-2-4-9(7)13-10/h1-5,8,11-12H,6H2/t8-/m1/s1. The molecule has 0 amide bonds. The molecule has 0 fully saturated rings. The molecule has 13 heavy (non-hydrogen) atoms. The van der Waals surface area contributed by atoms with Gasteiger partial charge in [0.25, 0.3) is 0 Å². The number of furan rings is 1. The van der Waals surface area contributed by atoms with Gasteiger partial charge in [0.1, 0.15) is 17.4 Å². The number of para-hydroxylation sites is 1. The van der Waals surface area contributed by atoms with Crippen LogP contribution in [-0.4, -0.2) is 16.8 Å². The fraction of sp³-hybridized carbons (Fsp3) is 0.200. The van der Waals surface area contributed by atoms with E-state index in [0.717, 1.165) is 11.0 Å². The van der Waals surface area contributed by atoms with Crippen LogP contribution < -0.4 is 0 Å². The predicted octanol–water partition coefficient (Wildman–Crippen LogP) is 1.46. The molecular formula is C10H10O3. The Labute approximate surface area is 75.2 Å². The molecule has 0 saturated heterocycles. The lowest BCUT2D eigenvalue weighted by Gasteiger charge is -2.00. The van der Waals surface area contributed by atoms with Gasteiger partial charge in [-0.15, -0.1) is 0 Å². The smallest absolute Gasteiger partial charge is 0.136 e. The summed E-state index contributed by atoms with van der Waals surface area (Å²) in [6.07, 6.45) is -0.924. The van der Waals surface area contributed by atoms with Gasteiger partial charge in [0.05, 0.1) is 6.61 Å². The molecule has 0 bridgehead atoms. The lowest BCUT2D eigenvalue weighted by atomic mass is 10.2. The number of benzene rings is 1. The van der Waals surface area contributed by atoms with E-state index in [9.17, 15) is 5.11 Å². The van der Waals surface area contributed by atoms with Crippen LogP contribution in [0.5, 0.6) is 0 Å². The first-order chi connectivity index (χ1) is 6.31. The van der Waals surface area contributed by atoms with Crippen molar-refractivity contribution in [3.8, 4) is 0 Å². The Bertz CT molecular complexity index is 372.